The highest BCUT2D eigenvalue weighted by atomic mass is 32.2. The molecule has 1 amide bonds. The van der Waals surface area contributed by atoms with Crippen LogP contribution in [0, 0.1) is 5.82 Å². The van der Waals surface area contributed by atoms with Gasteiger partial charge in [-0.1, -0.05) is 18.7 Å². The average Bonchev–Trinajstić information content (AvgIpc) is 3.05. The lowest BCUT2D eigenvalue weighted by molar-refractivity contribution is 0.0819. The molecular weight excluding hydrogens is 339 g/mol. The number of benzene rings is 2. The number of carbonyl (C=O) groups is 1. The standard InChI is InChI=1S/C19H19FN2O2S/c1-3-16-12-25-19(21-15-8-10-17(24-2)11-9-15)22(16)18(23)13-4-6-14(20)7-5-13/h4-11,16H,3,12H2,1-2H3/t16-/m1/s1. The Morgan fingerprint density at radius 3 is 2.52 bits per heavy atom. The third-order valence-corrected chi connectivity index (χ3v) is 5.15. The zero-order valence-electron chi connectivity index (χ0n) is 14.1. The molecule has 0 aromatic heterocycles. The first-order chi connectivity index (χ1) is 12.1. The van der Waals surface area contributed by atoms with Crippen molar-refractivity contribution in [2.24, 2.45) is 4.99 Å². The Labute approximate surface area is 150 Å². The van der Waals surface area contributed by atoms with Crippen LogP contribution in [0.2, 0.25) is 0 Å². The minimum absolute atomic E-state index is 0.0829. The lowest BCUT2D eigenvalue weighted by atomic mass is 10.1. The van der Waals surface area contributed by atoms with E-state index in [-0.39, 0.29) is 17.8 Å². The Hall–Kier alpha value is -2.34. The van der Waals surface area contributed by atoms with Gasteiger partial charge >= 0.3 is 0 Å². The van der Waals surface area contributed by atoms with E-state index in [1.165, 1.54) is 24.3 Å². The van der Waals surface area contributed by atoms with Gasteiger partial charge in [0, 0.05) is 17.4 Å². The molecule has 0 radical (unpaired) electrons. The number of thioether (sulfide) groups is 1. The second-order valence-electron chi connectivity index (χ2n) is 5.65. The summed E-state index contributed by atoms with van der Waals surface area (Å²) in [6.07, 6.45) is 0.835. The molecule has 130 valence electrons. The molecule has 0 aliphatic carbocycles. The fourth-order valence-corrected chi connectivity index (χ4v) is 3.88. The van der Waals surface area contributed by atoms with E-state index in [2.05, 4.69) is 4.99 Å². The quantitative estimate of drug-likeness (QED) is 0.809. The predicted molar refractivity (Wildman–Crippen MR) is 99.2 cm³/mol. The van der Waals surface area contributed by atoms with Crippen LogP contribution in [0.15, 0.2) is 53.5 Å². The van der Waals surface area contributed by atoms with Gasteiger partial charge in [-0.2, -0.15) is 0 Å². The van der Waals surface area contributed by atoms with Crippen molar-refractivity contribution in [3.05, 3.63) is 59.9 Å². The van der Waals surface area contributed by atoms with Crippen molar-refractivity contribution < 1.29 is 13.9 Å². The minimum atomic E-state index is -0.355. The van der Waals surface area contributed by atoms with Gasteiger partial charge in [-0.3, -0.25) is 9.69 Å². The first-order valence-corrected chi connectivity index (χ1v) is 9.05. The third-order valence-electron chi connectivity index (χ3n) is 4.05. The summed E-state index contributed by atoms with van der Waals surface area (Å²) < 4.78 is 18.3. The van der Waals surface area contributed by atoms with Crippen LogP contribution in [0.1, 0.15) is 23.7 Å². The van der Waals surface area contributed by atoms with Gasteiger partial charge in [-0.15, -0.1) is 0 Å². The Morgan fingerprint density at radius 2 is 1.92 bits per heavy atom. The summed E-state index contributed by atoms with van der Waals surface area (Å²) >= 11 is 1.56. The van der Waals surface area contributed by atoms with Crippen LogP contribution < -0.4 is 4.74 Å². The molecule has 0 saturated carbocycles. The van der Waals surface area contributed by atoms with Gasteiger partial charge in [0.2, 0.25) is 0 Å². The van der Waals surface area contributed by atoms with Crippen molar-refractivity contribution in [2.75, 3.05) is 12.9 Å². The molecule has 1 saturated heterocycles. The molecule has 1 atom stereocenters. The van der Waals surface area contributed by atoms with Gasteiger partial charge in [0.1, 0.15) is 11.6 Å². The maximum atomic E-state index is 13.1. The SMILES string of the molecule is CC[C@@H]1CSC(=Nc2ccc(OC)cc2)N1C(=O)c1ccc(F)cc1. The second kappa shape index (κ2) is 7.70. The van der Waals surface area contributed by atoms with Crippen molar-refractivity contribution in [1.82, 2.24) is 4.90 Å². The Kier molecular flexibility index (Phi) is 5.38. The minimum Gasteiger partial charge on any atom is -0.497 e. The maximum Gasteiger partial charge on any atom is 0.260 e. The van der Waals surface area contributed by atoms with Gasteiger partial charge in [0.25, 0.3) is 5.91 Å². The molecule has 0 N–H and O–H groups in total. The number of methoxy groups -OCH3 is 1. The summed E-state index contributed by atoms with van der Waals surface area (Å²) in [4.78, 5) is 19.3. The molecule has 2 aromatic rings. The monoisotopic (exact) mass is 358 g/mol. The highest BCUT2D eigenvalue weighted by molar-refractivity contribution is 8.14. The van der Waals surface area contributed by atoms with Crippen molar-refractivity contribution in [3.63, 3.8) is 0 Å². The van der Waals surface area contributed by atoms with Gasteiger partial charge < -0.3 is 4.74 Å². The van der Waals surface area contributed by atoms with Gasteiger partial charge in [-0.25, -0.2) is 9.38 Å². The molecule has 2 aromatic carbocycles. The predicted octanol–water partition coefficient (Wildman–Crippen LogP) is 4.49. The van der Waals surface area contributed by atoms with Crippen LogP contribution in [-0.2, 0) is 0 Å². The summed E-state index contributed by atoms with van der Waals surface area (Å²) in [7, 11) is 1.61. The van der Waals surface area contributed by atoms with E-state index >= 15 is 0 Å². The molecular formula is C19H19FN2O2S. The average molecular weight is 358 g/mol. The third kappa shape index (κ3) is 3.85. The summed E-state index contributed by atoms with van der Waals surface area (Å²) in [6.45, 7) is 2.05. The number of amides is 1. The zero-order chi connectivity index (χ0) is 17.8. The summed E-state index contributed by atoms with van der Waals surface area (Å²) in [5.41, 5.74) is 1.22. The normalized spacial score (nSPS) is 18.6. The maximum absolute atomic E-state index is 13.1. The first-order valence-electron chi connectivity index (χ1n) is 8.07. The molecule has 0 unspecified atom stereocenters. The number of hydrogen-bond acceptors (Lipinski definition) is 4. The molecule has 1 aliphatic rings. The largest absolute Gasteiger partial charge is 0.497 e. The molecule has 4 nitrogen and oxygen atoms in total. The molecule has 25 heavy (non-hydrogen) atoms. The lowest BCUT2D eigenvalue weighted by Gasteiger charge is -2.23. The van der Waals surface area contributed by atoms with Crippen LogP contribution in [-0.4, -0.2) is 34.9 Å². The van der Waals surface area contributed by atoms with Crippen LogP contribution in [0.25, 0.3) is 0 Å². The summed E-state index contributed by atoms with van der Waals surface area (Å²) in [5, 5.41) is 0.673. The van der Waals surface area contributed by atoms with Crippen molar-refractivity contribution >= 4 is 28.5 Å². The summed E-state index contributed by atoms with van der Waals surface area (Å²) in [5.74, 6) is 1.06. The molecule has 1 fully saturated rings. The number of aliphatic imine (C=N–C) groups is 1. The van der Waals surface area contributed by atoms with Crippen LogP contribution >= 0.6 is 11.8 Å². The second-order valence-corrected chi connectivity index (χ2v) is 6.63. The van der Waals surface area contributed by atoms with Crippen molar-refractivity contribution in [3.8, 4) is 5.75 Å². The molecule has 1 aliphatic heterocycles. The van der Waals surface area contributed by atoms with Crippen LogP contribution in [0.4, 0.5) is 10.1 Å². The van der Waals surface area contributed by atoms with Crippen LogP contribution in [0.3, 0.4) is 0 Å². The molecule has 6 heteroatoms. The zero-order valence-corrected chi connectivity index (χ0v) is 14.9. The molecule has 0 bridgehead atoms. The molecule has 0 spiro atoms. The van der Waals surface area contributed by atoms with Crippen LogP contribution in [0.5, 0.6) is 5.75 Å². The number of nitrogens with zero attached hydrogens (tertiary/aromatic N) is 2. The highest BCUT2D eigenvalue weighted by Gasteiger charge is 2.34. The number of carbonyl (C=O) groups excluding carboxylic acids is 1. The van der Waals surface area contributed by atoms with Gasteiger partial charge in [0.15, 0.2) is 5.17 Å². The lowest BCUT2D eigenvalue weighted by Crippen LogP contribution is -2.39. The number of hydrogen-bond donors (Lipinski definition) is 0. The van der Waals surface area contributed by atoms with Gasteiger partial charge in [-0.05, 0) is 55.0 Å². The van der Waals surface area contributed by atoms with E-state index in [0.29, 0.717) is 10.7 Å². The first kappa shape index (κ1) is 17.5. The highest BCUT2D eigenvalue weighted by Crippen LogP contribution is 2.30. The van der Waals surface area contributed by atoms with E-state index in [1.807, 2.05) is 31.2 Å². The Morgan fingerprint density at radius 1 is 1.24 bits per heavy atom. The van der Waals surface area contributed by atoms with E-state index in [4.69, 9.17) is 4.74 Å². The van der Waals surface area contributed by atoms with Gasteiger partial charge in [0.05, 0.1) is 12.8 Å². The number of rotatable bonds is 4. The summed E-state index contributed by atoms with van der Waals surface area (Å²) in [6, 6.07) is 13.1. The number of halogens is 1. The topological polar surface area (TPSA) is 41.9 Å². The van der Waals surface area contributed by atoms with E-state index in [1.54, 1.807) is 23.8 Å². The van der Waals surface area contributed by atoms with E-state index in [9.17, 15) is 9.18 Å². The van der Waals surface area contributed by atoms with Crippen molar-refractivity contribution in [2.45, 2.75) is 19.4 Å². The fraction of sp³-hybridized carbons (Fsp3) is 0.263. The molecule has 3 rings (SSSR count). The smallest absolute Gasteiger partial charge is 0.260 e. The molecule has 1 heterocycles. The fourth-order valence-electron chi connectivity index (χ4n) is 2.61. The van der Waals surface area contributed by atoms with E-state index in [0.717, 1.165) is 23.6 Å². The number of amidine groups is 1. The van der Waals surface area contributed by atoms with Crippen molar-refractivity contribution in [1.29, 1.82) is 0 Å². The number of ether oxygens (including phenoxy) is 1. The van der Waals surface area contributed by atoms with E-state index < -0.39 is 0 Å². The Balaban J connectivity index is 1.90. The Bertz CT molecular complexity index is 775.